The molecule has 5 nitrogen and oxygen atoms in total. The van der Waals surface area contributed by atoms with Crippen LogP contribution in [0, 0.1) is 0 Å². The largest absolute Gasteiger partial charge is 0.365 e. The van der Waals surface area contributed by atoms with Crippen LogP contribution in [0.1, 0.15) is 0 Å². The molecule has 1 amide bonds. The first kappa shape index (κ1) is 22.2. The van der Waals surface area contributed by atoms with Gasteiger partial charge in [-0.1, -0.05) is 45.2 Å². The molecule has 0 aromatic heterocycles. The Hall–Kier alpha value is 4.17. The lowest BCUT2D eigenvalue weighted by Crippen LogP contribution is -2.53. The number of nitrogens with zero attached hydrogens (tertiary/aromatic N) is 2. The topological polar surface area (TPSA) is 84.7 Å². The maximum atomic E-state index is 10.8. The number of carbonyl (C=O) groups excluding carboxylic acids is 1. The number of rotatable bonds is 6. The van der Waals surface area contributed by atoms with Crippen molar-refractivity contribution in [3.05, 3.63) is 0 Å². The molecule has 18 heavy (non-hydrogen) atoms. The van der Waals surface area contributed by atoms with Crippen LogP contribution < -0.4 is 11.5 Å². The van der Waals surface area contributed by atoms with Crippen molar-refractivity contribution in [2.24, 2.45) is 16.5 Å². The van der Waals surface area contributed by atoms with E-state index in [2.05, 4.69) is 163 Å². The molecule has 0 spiro atoms. The summed E-state index contributed by atoms with van der Waals surface area (Å²) in [6.07, 6.45) is 1.14. The molecule has 0 atom stereocenters. The van der Waals surface area contributed by atoms with E-state index in [0.29, 0.717) is 6.54 Å². The monoisotopic (exact) mass is 1040 g/mol. The molecule has 4 N–H and O–H groups in total. The summed E-state index contributed by atoms with van der Waals surface area (Å²) in [6.45, 7) is 0.516. The maximum Gasteiger partial charge on any atom is 0.259 e. The van der Waals surface area contributed by atoms with Crippen molar-refractivity contribution < 1.29 is 4.79 Å². The van der Waals surface area contributed by atoms with Gasteiger partial charge in [0.25, 0.3) is 5.91 Å². The Morgan fingerprint density at radius 3 is 2.00 bits per heavy atom. The highest BCUT2D eigenvalue weighted by atomic mass is 127. The van der Waals surface area contributed by atoms with E-state index in [0.717, 1.165) is 6.21 Å². The Labute approximate surface area is 201 Å². The molecule has 0 saturated carbocycles. The standard InChI is InChI=1S/C6H7I7N4O/c7-4(8,2-14)5(9,10)17(13)6(11,12)16-1-3(15)18/h1H,2,14H2,(H2,15,18)/b16-1+. The van der Waals surface area contributed by atoms with Gasteiger partial charge in [0.05, 0.1) is 6.21 Å². The number of amides is 1. The summed E-state index contributed by atoms with van der Waals surface area (Å²) in [5.41, 5.74) is 10.9. The normalized spacial score (nSPS) is 14.5. The van der Waals surface area contributed by atoms with Crippen molar-refractivity contribution in [1.82, 2.24) is 3.11 Å². The van der Waals surface area contributed by atoms with E-state index in [1.54, 1.807) is 0 Å². The number of nitrogens with two attached hydrogens (primary N) is 2. The molecule has 0 rings (SSSR count). The number of primary amides is 1. The number of aliphatic imine (C=N–C) groups is 1. The first-order chi connectivity index (χ1) is 7.88. The van der Waals surface area contributed by atoms with Crippen LogP contribution in [0.25, 0.3) is 0 Å². The van der Waals surface area contributed by atoms with Gasteiger partial charge < -0.3 is 11.5 Å². The lowest BCUT2D eigenvalue weighted by atomic mass is 10.4. The van der Waals surface area contributed by atoms with E-state index >= 15 is 0 Å². The van der Waals surface area contributed by atoms with E-state index in [4.69, 9.17) is 11.5 Å². The first-order valence-electron chi connectivity index (χ1n) is 4.03. The molecule has 0 aliphatic heterocycles. The Bertz CT molecular complexity index is 345. The third-order valence-corrected chi connectivity index (χ3v) is 17.5. The van der Waals surface area contributed by atoms with Crippen molar-refractivity contribution in [2.45, 2.75) is 4.66 Å². The fourth-order valence-electron chi connectivity index (χ4n) is 0.627. The predicted molar refractivity (Wildman–Crippen MR) is 135 cm³/mol. The molecule has 0 unspecified atom stereocenters. The Morgan fingerprint density at radius 2 is 1.67 bits per heavy atom. The van der Waals surface area contributed by atoms with Crippen LogP contribution in [-0.4, -0.2) is 26.4 Å². The SMILES string of the molecule is NCC(I)(I)C(I)(I)N(I)C(I)(I)/N=C/C(N)=O. The van der Waals surface area contributed by atoms with Gasteiger partial charge in [-0.15, -0.1) is 0 Å². The maximum absolute atomic E-state index is 10.8. The van der Waals surface area contributed by atoms with Crippen molar-refractivity contribution in [2.75, 3.05) is 6.54 Å². The third kappa shape index (κ3) is 6.35. The van der Waals surface area contributed by atoms with Gasteiger partial charge in [-0.2, -0.15) is 3.11 Å². The van der Waals surface area contributed by atoms with E-state index in [1.165, 1.54) is 0 Å². The highest BCUT2D eigenvalue weighted by Gasteiger charge is 2.53. The molecular weight excluding hydrogens is 1030 g/mol. The summed E-state index contributed by atoms with van der Waals surface area (Å²) < 4.78 is 0.917. The quantitative estimate of drug-likeness (QED) is 0.140. The van der Waals surface area contributed by atoms with Gasteiger partial charge in [-0.3, -0.25) is 4.79 Å². The lowest BCUT2D eigenvalue weighted by Gasteiger charge is -2.43. The molecule has 0 fully saturated rings. The van der Waals surface area contributed by atoms with E-state index < -0.39 is 7.58 Å². The zero-order chi connectivity index (χ0) is 14.8. The highest BCUT2D eigenvalue weighted by Crippen LogP contribution is 2.57. The van der Waals surface area contributed by atoms with Crippen LogP contribution in [0.2, 0.25) is 0 Å². The molecule has 106 valence electrons. The zero-order valence-electron chi connectivity index (χ0n) is 8.39. The molecule has 12 heteroatoms. The van der Waals surface area contributed by atoms with Gasteiger partial charge in [0.15, 0.2) is 1.55 Å². The average molecular weight is 1040 g/mol. The van der Waals surface area contributed by atoms with E-state index in [9.17, 15) is 4.79 Å². The first-order valence-corrected chi connectivity index (χ1v) is 11.5. The van der Waals surface area contributed by atoms with Crippen molar-refractivity contribution in [1.29, 1.82) is 0 Å². The lowest BCUT2D eigenvalue weighted by molar-refractivity contribution is -0.111. The molecule has 0 aromatic carbocycles. The average Bonchev–Trinajstić information content (AvgIpc) is 2.25. The minimum atomic E-state index is -0.621. The van der Waals surface area contributed by atoms with Crippen LogP contribution in [0.4, 0.5) is 0 Å². The molecule has 0 saturated heterocycles. The third-order valence-electron chi connectivity index (χ3n) is 1.53. The fraction of sp³-hybridized carbons (Fsp3) is 0.667. The highest BCUT2D eigenvalue weighted by molar-refractivity contribution is 14.2. The van der Waals surface area contributed by atoms with Gasteiger partial charge in [0.2, 0.25) is 1.68 Å². The molecule has 0 bridgehead atoms. The number of hydrogen-bond acceptors (Lipinski definition) is 4. The minimum Gasteiger partial charge on any atom is -0.365 e. The second-order valence-electron chi connectivity index (χ2n) is 2.90. The van der Waals surface area contributed by atoms with Crippen LogP contribution in [0.3, 0.4) is 0 Å². The Kier molecular flexibility index (Phi) is 10.9. The van der Waals surface area contributed by atoms with E-state index in [1.807, 2.05) is 3.11 Å². The van der Waals surface area contributed by atoms with Crippen molar-refractivity contribution >= 4 is 171 Å². The second kappa shape index (κ2) is 8.86. The van der Waals surface area contributed by atoms with Crippen LogP contribution in [-0.2, 0) is 4.79 Å². The zero-order valence-corrected chi connectivity index (χ0v) is 23.5. The molecule has 0 aromatic rings. The summed E-state index contributed by atoms with van der Waals surface area (Å²) in [7, 11) is 0. The van der Waals surface area contributed by atoms with Gasteiger partial charge in [0.1, 0.15) is 1.43 Å². The van der Waals surface area contributed by atoms with Gasteiger partial charge >= 0.3 is 0 Å². The van der Waals surface area contributed by atoms with Crippen LogP contribution >= 0.6 is 158 Å². The summed E-state index contributed by atoms with van der Waals surface area (Å²) in [6, 6.07) is 0. The molecule has 0 aliphatic carbocycles. The molecule has 0 aliphatic rings. The number of alkyl halides is 6. The number of halogens is 7. The summed E-state index contributed by atoms with van der Waals surface area (Å²) in [4.78, 5) is 15.0. The number of hydrogen-bond donors (Lipinski definition) is 2. The summed E-state index contributed by atoms with van der Waals surface area (Å²) in [5.74, 6) is -0.556. The van der Waals surface area contributed by atoms with Gasteiger partial charge in [-0.05, 0) is 90.4 Å². The molecule has 0 radical (unpaired) electrons. The van der Waals surface area contributed by atoms with Crippen molar-refractivity contribution in [3.8, 4) is 0 Å². The summed E-state index contributed by atoms with van der Waals surface area (Å²) in [5, 5.41) is 0. The summed E-state index contributed by atoms with van der Waals surface area (Å²) >= 11 is 15.8. The van der Waals surface area contributed by atoms with Crippen LogP contribution in [0.15, 0.2) is 4.99 Å². The number of carbonyl (C=O) groups is 1. The van der Waals surface area contributed by atoms with Crippen LogP contribution in [0.5, 0.6) is 0 Å². The van der Waals surface area contributed by atoms with Crippen molar-refractivity contribution in [3.63, 3.8) is 0 Å². The van der Waals surface area contributed by atoms with Gasteiger partial charge in [-0.25, -0.2) is 4.99 Å². The second-order valence-corrected chi connectivity index (χ2v) is 19.9. The molecule has 0 heterocycles. The molecular formula is C6H7I7N4O. The minimum absolute atomic E-state index is 0.186. The Morgan fingerprint density at radius 1 is 1.22 bits per heavy atom. The fourth-order valence-corrected chi connectivity index (χ4v) is 6.56. The smallest absolute Gasteiger partial charge is 0.259 e. The van der Waals surface area contributed by atoms with Gasteiger partial charge in [0, 0.05) is 29.4 Å². The predicted octanol–water partition coefficient (Wildman–Crippen LogP) is 3.72. The van der Waals surface area contributed by atoms with E-state index in [-0.39, 0.29) is 2.98 Å². The Balaban J connectivity index is 5.25.